The summed E-state index contributed by atoms with van der Waals surface area (Å²) < 4.78 is 5.86. The molecule has 2 fully saturated rings. The first kappa shape index (κ1) is 13.5. The van der Waals surface area contributed by atoms with Crippen molar-refractivity contribution in [1.82, 2.24) is 0 Å². The molecule has 1 aromatic rings. The van der Waals surface area contributed by atoms with Gasteiger partial charge in [0.2, 0.25) is 5.91 Å². The van der Waals surface area contributed by atoms with Crippen LogP contribution in [0.1, 0.15) is 12.5 Å². The number of ether oxygens (including phenoxy) is 1. The Balaban J connectivity index is 1.77. The Morgan fingerprint density at radius 3 is 2.95 bits per heavy atom. The highest BCUT2D eigenvalue weighted by Gasteiger charge is 2.65. The molecule has 1 amide bonds. The quantitative estimate of drug-likeness (QED) is 0.752. The fourth-order valence-electron chi connectivity index (χ4n) is 4.04. The van der Waals surface area contributed by atoms with E-state index in [9.17, 15) is 14.7 Å². The first-order chi connectivity index (χ1) is 10.6. The molecular formula is C17H16NO4-. The number of carbonyl (C=O) groups excluding carboxylic acids is 2. The second-order valence-corrected chi connectivity index (χ2v) is 6.13. The van der Waals surface area contributed by atoms with E-state index in [0.717, 1.165) is 17.7 Å². The summed E-state index contributed by atoms with van der Waals surface area (Å²) in [7, 11) is 0. The van der Waals surface area contributed by atoms with Crippen molar-refractivity contribution in [2.45, 2.75) is 25.0 Å². The Labute approximate surface area is 128 Å². The molecule has 3 heterocycles. The lowest BCUT2D eigenvalue weighted by Crippen LogP contribution is -2.45. The van der Waals surface area contributed by atoms with Crippen molar-refractivity contribution in [1.29, 1.82) is 0 Å². The molecule has 22 heavy (non-hydrogen) atoms. The predicted molar refractivity (Wildman–Crippen MR) is 76.9 cm³/mol. The number of carbonyl (C=O) groups is 2. The fraction of sp³-hybridized carbons (Fsp3) is 0.412. The summed E-state index contributed by atoms with van der Waals surface area (Å²) in [5.41, 5.74) is 1.10. The number of rotatable bonds is 3. The van der Waals surface area contributed by atoms with Gasteiger partial charge in [0.05, 0.1) is 18.6 Å². The zero-order valence-electron chi connectivity index (χ0n) is 12.2. The summed E-state index contributed by atoms with van der Waals surface area (Å²) in [6.45, 7) is 2.40. The van der Waals surface area contributed by atoms with E-state index in [1.54, 1.807) is 11.0 Å². The molecule has 3 aliphatic rings. The Bertz CT molecular complexity index is 698. The van der Waals surface area contributed by atoms with E-state index in [-0.39, 0.29) is 5.91 Å². The van der Waals surface area contributed by atoms with Crippen molar-refractivity contribution >= 4 is 17.6 Å². The number of hydrogen-bond acceptors (Lipinski definition) is 4. The van der Waals surface area contributed by atoms with Gasteiger partial charge in [-0.2, -0.15) is 0 Å². The molecule has 4 atom stereocenters. The highest BCUT2D eigenvalue weighted by molar-refractivity contribution is 6.02. The van der Waals surface area contributed by atoms with Crippen LogP contribution in [0.3, 0.4) is 0 Å². The number of hydrogen-bond donors (Lipinski definition) is 0. The van der Waals surface area contributed by atoms with Gasteiger partial charge in [0, 0.05) is 17.6 Å². The molecular weight excluding hydrogens is 282 g/mol. The van der Waals surface area contributed by atoms with E-state index in [1.165, 1.54) is 0 Å². The molecule has 0 aliphatic carbocycles. The van der Waals surface area contributed by atoms with Crippen LogP contribution in [0.25, 0.3) is 0 Å². The van der Waals surface area contributed by atoms with Crippen LogP contribution in [-0.2, 0) is 20.7 Å². The zero-order chi connectivity index (χ0) is 15.5. The van der Waals surface area contributed by atoms with Crippen molar-refractivity contribution in [2.75, 3.05) is 11.4 Å². The molecule has 5 nitrogen and oxygen atoms in total. The van der Waals surface area contributed by atoms with E-state index in [0.29, 0.717) is 6.54 Å². The first-order valence-electron chi connectivity index (χ1n) is 7.55. The van der Waals surface area contributed by atoms with E-state index >= 15 is 0 Å². The van der Waals surface area contributed by atoms with Crippen LogP contribution < -0.4 is 10.0 Å². The van der Waals surface area contributed by atoms with Crippen molar-refractivity contribution in [2.24, 2.45) is 11.8 Å². The molecule has 2 saturated heterocycles. The SMILES string of the molecule is CCc1ccccc1N1C[C@@]23C=C[C@@H](O2)[C@H](C(=O)[O-])[C@@H]3C1=O. The maximum atomic E-state index is 12.9. The van der Waals surface area contributed by atoms with Gasteiger partial charge >= 0.3 is 0 Å². The maximum Gasteiger partial charge on any atom is 0.234 e. The summed E-state index contributed by atoms with van der Waals surface area (Å²) in [5.74, 6) is -2.96. The van der Waals surface area contributed by atoms with E-state index < -0.39 is 29.5 Å². The maximum absolute atomic E-state index is 12.9. The lowest BCUT2D eigenvalue weighted by Gasteiger charge is -2.24. The van der Waals surface area contributed by atoms with Gasteiger partial charge in [0.25, 0.3) is 0 Å². The van der Waals surface area contributed by atoms with Crippen molar-refractivity contribution in [3.63, 3.8) is 0 Å². The summed E-state index contributed by atoms with van der Waals surface area (Å²) >= 11 is 0. The van der Waals surface area contributed by atoms with Crippen LogP contribution in [0.4, 0.5) is 5.69 Å². The number of benzene rings is 1. The average molecular weight is 298 g/mol. The molecule has 5 heteroatoms. The summed E-state index contributed by atoms with van der Waals surface area (Å²) in [5, 5.41) is 11.4. The number of aryl methyl sites for hydroxylation is 1. The smallest absolute Gasteiger partial charge is 0.234 e. The average Bonchev–Trinajstić information content (AvgIpc) is 3.15. The molecule has 0 unspecified atom stereocenters. The largest absolute Gasteiger partial charge is 0.550 e. The number of nitrogens with zero attached hydrogens (tertiary/aromatic N) is 1. The Morgan fingerprint density at radius 2 is 2.23 bits per heavy atom. The fourth-order valence-corrected chi connectivity index (χ4v) is 4.04. The van der Waals surface area contributed by atoms with Crippen LogP contribution >= 0.6 is 0 Å². The number of carboxylic acid groups (broad SMARTS) is 1. The van der Waals surface area contributed by atoms with E-state index in [2.05, 4.69) is 0 Å². The van der Waals surface area contributed by atoms with Crippen molar-refractivity contribution in [3.05, 3.63) is 42.0 Å². The van der Waals surface area contributed by atoms with Crippen LogP contribution in [-0.4, -0.2) is 30.1 Å². The highest BCUT2D eigenvalue weighted by atomic mass is 16.5. The molecule has 0 radical (unpaired) electrons. The zero-order valence-corrected chi connectivity index (χ0v) is 12.2. The normalized spacial score (nSPS) is 35.2. The molecule has 1 aromatic carbocycles. The van der Waals surface area contributed by atoms with Gasteiger partial charge in [-0.3, -0.25) is 4.79 Å². The topological polar surface area (TPSA) is 69.7 Å². The van der Waals surface area contributed by atoms with Gasteiger partial charge < -0.3 is 19.5 Å². The van der Waals surface area contributed by atoms with Gasteiger partial charge in [-0.25, -0.2) is 0 Å². The standard InChI is InChI=1S/C17H17NO4/c1-2-10-5-3-4-6-11(10)18-9-17-8-7-12(22-17)13(16(20)21)14(17)15(18)19/h3-8,12-14H,2,9H2,1H3,(H,20,21)/p-1/t12-,13+,14-,17-/m1/s1. The van der Waals surface area contributed by atoms with Crippen molar-refractivity contribution in [3.8, 4) is 0 Å². The number of carboxylic acids is 1. The summed E-state index contributed by atoms with van der Waals surface area (Å²) in [6.07, 6.45) is 3.87. The van der Waals surface area contributed by atoms with Gasteiger partial charge in [0.1, 0.15) is 5.60 Å². The molecule has 0 saturated carbocycles. The van der Waals surface area contributed by atoms with Gasteiger partial charge in [0.15, 0.2) is 0 Å². The van der Waals surface area contributed by atoms with Gasteiger partial charge in [-0.05, 0) is 18.1 Å². The lowest BCUT2D eigenvalue weighted by atomic mass is 9.77. The van der Waals surface area contributed by atoms with Crippen molar-refractivity contribution < 1.29 is 19.4 Å². The second kappa shape index (κ2) is 4.43. The molecule has 1 spiro atoms. The van der Waals surface area contributed by atoms with Crippen LogP contribution in [0.15, 0.2) is 36.4 Å². The summed E-state index contributed by atoms with van der Waals surface area (Å²) in [4.78, 5) is 26.0. The molecule has 0 N–H and O–H groups in total. The summed E-state index contributed by atoms with van der Waals surface area (Å²) in [6, 6.07) is 7.71. The highest BCUT2D eigenvalue weighted by Crippen LogP contribution is 2.52. The number of fused-ring (bicyclic) bond motifs is 1. The van der Waals surface area contributed by atoms with Gasteiger partial charge in [-0.1, -0.05) is 37.3 Å². The Morgan fingerprint density at radius 1 is 1.45 bits per heavy atom. The minimum Gasteiger partial charge on any atom is -0.550 e. The van der Waals surface area contributed by atoms with Crippen LogP contribution in [0.2, 0.25) is 0 Å². The third-order valence-corrected chi connectivity index (χ3v) is 5.04. The van der Waals surface area contributed by atoms with Crippen LogP contribution in [0.5, 0.6) is 0 Å². The van der Waals surface area contributed by atoms with E-state index in [4.69, 9.17) is 4.74 Å². The second-order valence-electron chi connectivity index (χ2n) is 6.13. The van der Waals surface area contributed by atoms with Gasteiger partial charge in [-0.15, -0.1) is 0 Å². The van der Waals surface area contributed by atoms with Crippen LogP contribution in [0, 0.1) is 11.8 Å². The number of para-hydroxylation sites is 1. The molecule has 4 rings (SSSR count). The minimum atomic E-state index is -1.21. The predicted octanol–water partition coefficient (Wildman–Crippen LogP) is 0.285. The first-order valence-corrected chi connectivity index (χ1v) is 7.55. The molecule has 3 aliphatic heterocycles. The number of anilines is 1. The number of aliphatic carboxylic acids is 1. The Kier molecular flexibility index (Phi) is 2.72. The lowest BCUT2D eigenvalue weighted by molar-refractivity contribution is -0.313. The monoisotopic (exact) mass is 298 g/mol. The third-order valence-electron chi connectivity index (χ3n) is 5.04. The third kappa shape index (κ3) is 1.57. The van der Waals surface area contributed by atoms with E-state index in [1.807, 2.05) is 37.3 Å². The molecule has 114 valence electrons. The molecule has 2 bridgehead atoms. The Hall–Kier alpha value is -2.14. The molecule has 0 aromatic heterocycles. The number of amides is 1. The minimum absolute atomic E-state index is 0.179.